The van der Waals surface area contributed by atoms with Crippen LogP contribution in [-0.4, -0.2) is 9.78 Å². The number of hydrogen-bond acceptors (Lipinski definition) is 1. The van der Waals surface area contributed by atoms with Gasteiger partial charge in [0.05, 0.1) is 5.52 Å². The van der Waals surface area contributed by atoms with Gasteiger partial charge < -0.3 is 0 Å². The summed E-state index contributed by atoms with van der Waals surface area (Å²) in [6.07, 6.45) is 0.994. The van der Waals surface area contributed by atoms with Crippen LogP contribution >= 0.6 is 11.6 Å². The minimum atomic E-state index is 0.790. The topological polar surface area (TPSA) is 17.8 Å². The summed E-state index contributed by atoms with van der Waals surface area (Å²) in [5, 5.41) is 6.43. The molecule has 0 aliphatic carbocycles. The summed E-state index contributed by atoms with van der Waals surface area (Å²) in [6.45, 7) is 4.16. The van der Waals surface area contributed by atoms with Crippen LogP contribution in [0.2, 0.25) is 5.02 Å². The van der Waals surface area contributed by atoms with Crippen molar-refractivity contribution in [3.63, 3.8) is 0 Å². The van der Waals surface area contributed by atoms with E-state index in [1.54, 1.807) is 0 Å². The number of aryl methyl sites for hydroxylation is 3. The summed E-state index contributed by atoms with van der Waals surface area (Å²) in [4.78, 5) is 0. The number of rotatable bonds is 1. The first-order chi connectivity index (χ1) is 6.63. The molecule has 2 aromatic rings. The highest BCUT2D eigenvalue weighted by Crippen LogP contribution is 2.25. The van der Waals surface area contributed by atoms with Crippen LogP contribution in [0.1, 0.15) is 18.2 Å². The first-order valence-corrected chi connectivity index (χ1v) is 5.13. The monoisotopic (exact) mass is 208 g/mol. The lowest BCUT2D eigenvalue weighted by Gasteiger charge is -1.99. The van der Waals surface area contributed by atoms with Gasteiger partial charge in [-0.25, -0.2) is 0 Å². The molecule has 0 aliphatic heterocycles. The second-order valence-electron chi connectivity index (χ2n) is 3.54. The molecule has 1 aromatic heterocycles. The van der Waals surface area contributed by atoms with E-state index in [1.165, 1.54) is 11.1 Å². The Morgan fingerprint density at radius 2 is 2.14 bits per heavy atom. The first-order valence-electron chi connectivity index (χ1n) is 4.75. The molecule has 14 heavy (non-hydrogen) atoms. The number of benzene rings is 1. The standard InChI is InChI=1S/C11H13ClN2/c1-4-11-8-5-7(2)9(12)6-10(8)13-14(11)3/h5-6H,4H2,1-3H3. The Bertz CT molecular complexity index is 485. The maximum Gasteiger partial charge on any atom is 0.0941 e. The fourth-order valence-corrected chi connectivity index (χ4v) is 1.96. The van der Waals surface area contributed by atoms with Crippen molar-refractivity contribution in [1.82, 2.24) is 9.78 Å². The molecular weight excluding hydrogens is 196 g/mol. The molecule has 0 saturated heterocycles. The van der Waals surface area contributed by atoms with E-state index in [1.807, 2.05) is 24.7 Å². The second-order valence-corrected chi connectivity index (χ2v) is 3.95. The summed E-state index contributed by atoms with van der Waals surface area (Å²) in [7, 11) is 1.97. The predicted octanol–water partition coefficient (Wildman–Crippen LogP) is 3.10. The molecule has 0 atom stereocenters. The third-order valence-electron chi connectivity index (χ3n) is 2.57. The molecule has 1 aromatic carbocycles. The van der Waals surface area contributed by atoms with Crippen LogP contribution in [-0.2, 0) is 13.5 Å². The lowest BCUT2D eigenvalue weighted by molar-refractivity contribution is 0.728. The summed E-state index contributed by atoms with van der Waals surface area (Å²) in [5.41, 5.74) is 3.36. The van der Waals surface area contributed by atoms with E-state index in [-0.39, 0.29) is 0 Å². The van der Waals surface area contributed by atoms with Crippen molar-refractivity contribution in [3.8, 4) is 0 Å². The Morgan fingerprint density at radius 1 is 1.43 bits per heavy atom. The number of fused-ring (bicyclic) bond motifs is 1. The summed E-state index contributed by atoms with van der Waals surface area (Å²) in [6, 6.07) is 4.05. The number of nitrogens with zero attached hydrogens (tertiary/aromatic N) is 2. The van der Waals surface area contributed by atoms with Crippen LogP contribution in [0.3, 0.4) is 0 Å². The largest absolute Gasteiger partial charge is 0.271 e. The molecule has 0 N–H and O–H groups in total. The second kappa shape index (κ2) is 3.28. The maximum absolute atomic E-state index is 6.04. The van der Waals surface area contributed by atoms with Crippen molar-refractivity contribution in [2.45, 2.75) is 20.3 Å². The number of hydrogen-bond donors (Lipinski definition) is 0. The molecule has 74 valence electrons. The van der Waals surface area contributed by atoms with Crippen LogP contribution in [0.5, 0.6) is 0 Å². The van der Waals surface area contributed by atoms with Crippen molar-refractivity contribution in [2.24, 2.45) is 7.05 Å². The molecule has 2 rings (SSSR count). The van der Waals surface area contributed by atoms with E-state index in [2.05, 4.69) is 18.1 Å². The van der Waals surface area contributed by atoms with Gasteiger partial charge in [-0.2, -0.15) is 5.10 Å². The van der Waals surface area contributed by atoms with Crippen molar-refractivity contribution >= 4 is 22.5 Å². The van der Waals surface area contributed by atoms with Crippen molar-refractivity contribution < 1.29 is 0 Å². The van der Waals surface area contributed by atoms with Crippen LogP contribution in [0.4, 0.5) is 0 Å². The van der Waals surface area contributed by atoms with Crippen LogP contribution in [0.25, 0.3) is 10.9 Å². The van der Waals surface area contributed by atoms with Crippen LogP contribution in [0, 0.1) is 6.92 Å². The molecule has 0 saturated carbocycles. The van der Waals surface area contributed by atoms with Crippen molar-refractivity contribution in [2.75, 3.05) is 0 Å². The Balaban J connectivity index is 2.82. The molecule has 0 amide bonds. The van der Waals surface area contributed by atoms with Gasteiger partial charge in [0.2, 0.25) is 0 Å². The minimum Gasteiger partial charge on any atom is -0.271 e. The van der Waals surface area contributed by atoms with Gasteiger partial charge in [0.25, 0.3) is 0 Å². The quantitative estimate of drug-likeness (QED) is 0.704. The van der Waals surface area contributed by atoms with Crippen molar-refractivity contribution in [1.29, 1.82) is 0 Å². The fourth-order valence-electron chi connectivity index (χ4n) is 1.80. The Hall–Kier alpha value is -1.02. The van der Waals surface area contributed by atoms with E-state index in [0.717, 1.165) is 22.5 Å². The number of halogens is 1. The molecule has 3 heteroatoms. The minimum absolute atomic E-state index is 0.790. The molecule has 0 bridgehead atoms. The van der Waals surface area contributed by atoms with Gasteiger partial charge in [-0.3, -0.25) is 4.68 Å². The van der Waals surface area contributed by atoms with Gasteiger partial charge in [-0.05, 0) is 31.0 Å². The molecule has 0 spiro atoms. The normalized spacial score (nSPS) is 11.1. The SMILES string of the molecule is CCc1c2cc(C)c(Cl)cc2nn1C. The lowest BCUT2D eigenvalue weighted by atomic mass is 10.1. The predicted molar refractivity (Wildman–Crippen MR) is 59.8 cm³/mol. The van der Waals surface area contributed by atoms with E-state index in [4.69, 9.17) is 11.6 Å². The van der Waals surface area contributed by atoms with E-state index in [9.17, 15) is 0 Å². The summed E-state index contributed by atoms with van der Waals surface area (Å²) < 4.78 is 1.93. The highest BCUT2D eigenvalue weighted by atomic mass is 35.5. The zero-order chi connectivity index (χ0) is 10.3. The molecule has 0 fully saturated rings. The zero-order valence-electron chi connectivity index (χ0n) is 8.63. The Kier molecular flexibility index (Phi) is 2.23. The van der Waals surface area contributed by atoms with E-state index < -0.39 is 0 Å². The average molecular weight is 209 g/mol. The number of aromatic nitrogens is 2. The smallest absolute Gasteiger partial charge is 0.0941 e. The van der Waals surface area contributed by atoms with Gasteiger partial charge in [-0.1, -0.05) is 18.5 Å². The average Bonchev–Trinajstić information content (AvgIpc) is 2.42. The molecule has 0 aliphatic rings. The van der Waals surface area contributed by atoms with Gasteiger partial charge in [0, 0.05) is 23.2 Å². The maximum atomic E-state index is 6.04. The summed E-state index contributed by atoms with van der Waals surface area (Å²) >= 11 is 6.04. The Labute approximate surface area is 88.5 Å². The van der Waals surface area contributed by atoms with Gasteiger partial charge in [-0.15, -0.1) is 0 Å². The van der Waals surface area contributed by atoms with E-state index in [0.29, 0.717) is 0 Å². The summed E-state index contributed by atoms with van der Waals surface area (Å²) in [5.74, 6) is 0. The molecular formula is C11H13ClN2. The highest BCUT2D eigenvalue weighted by molar-refractivity contribution is 6.32. The fraction of sp³-hybridized carbons (Fsp3) is 0.364. The first kappa shape index (κ1) is 9.53. The third kappa shape index (κ3) is 1.30. The van der Waals surface area contributed by atoms with Crippen molar-refractivity contribution in [3.05, 3.63) is 28.4 Å². The highest BCUT2D eigenvalue weighted by Gasteiger charge is 2.08. The van der Waals surface area contributed by atoms with Gasteiger partial charge in [0.15, 0.2) is 0 Å². The lowest BCUT2D eigenvalue weighted by Crippen LogP contribution is -1.95. The van der Waals surface area contributed by atoms with Crippen LogP contribution in [0.15, 0.2) is 12.1 Å². The van der Waals surface area contributed by atoms with Gasteiger partial charge in [0.1, 0.15) is 0 Å². The van der Waals surface area contributed by atoms with Gasteiger partial charge >= 0.3 is 0 Å². The van der Waals surface area contributed by atoms with Crippen LogP contribution < -0.4 is 0 Å². The zero-order valence-corrected chi connectivity index (χ0v) is 9.39. The Morgan fingerprint density at radius 3 is 2.79 bits per heavy atom. The molecule has 0 unspecified atom stereocenters. The molecule has 2 nitrogen and oxygen atoms in total. The third-order valence-corrected chi connectivity index (χ3v) is 2.98. The van der Waals surface area contributed by atoms with E-state index >= 15 is 0 Å². The molecule has 0 radical (unpaired) electrons. The molecule has 1 heterocycles.